The molecule has 1 heterocycles. The van der Waals surface area contributed by atoms with Crippen LogP contribution in [0.5, 0.6) is 0 Å². The third-order valence-electron chi connectivity index (χ3n) is 3.12. The zero-order valence-electron chi connectivity index (χ0n) is 13.0. The first kappa shape index (κ1) is 15.7. The number of nitrogens with zero attached hydrogens (tertiary/aromatic N) is 3. The fraction of sp³-hybridized carbons (Fsp3) is 0.235. The first-order chi connectivity index (χ1) is 10.8. The van der Waals surface area contributed by atoms with Gasteiger partial charge >= 0.3 is 0 Å². The highest BCUT2D eigenvalue weighted by Crippen LogP contribution is 2.14. The number of benzene rings is 2. The maximum Gasteiger partial charge on any atom is 0.252 e. The third-order valence-corrected chi connectivity index (χ3v) is 3.12. The SMILES string of the molecule is CC.CC(NC(=O)c1ccccc1)n1nnc2ccccc21. The highest BCUT2D eigenvalue weighted by atomic mass is 16.1. The van der Waals surface area contributed by atoms with E-state index in [2.05, 4.69) is 15.6 Å². The molecule has 1 amide bonds. The molecule has 0 saturated carbocycles. The average Bonchev–Trinajstić information content (AvgIpc) is 3.01. The predicted octanol–water partition coefficient (Wildman–Crippen LogP) is 3.41. The minimum absolute atomic E-state index is 0.127. The van der Waals surface area contributed by atoms with Crippen molar-refractivity contribution in [3.8, 4) is 0 Å². The molecule has 5 heteroatoms. The summed E-state index contributed by atoms with van der Waals surface area (Å²) in [7, 11) is 0. The number of hydrogen-bond donors (Lipinski definition) is 1. The number of carbonyl (C=O) groups is 1. The lowest BCUT2D eigenvalue weighted by atomic mass is 10.2. The van der Waals surface area contributed by atoms with Gasteiger partial charge in [-0.2, -0.15) is 0 Å². The number of carbonyl (C=O) groups excluding carboxylic acids is 1. The Morgan fingerprint density at radius 3 is 2.41 bits per heavy atom. The monoisotopic (exact) mass is 296 g/mol. The van der Waals surface area contributed by atoms with Crippen LogP contribution < -0.4 is 5.32 Å². The number of rotatable bonds is 3. The number of fused-ring (bicyclic) bond motifs is 1. The van der Waals surface area contributed by atoms with E-state index in [1.165, 1.54) is 0 Å². The number of amides is 1. The van der Waals surface area contributed by atoms with Gasteiger partial charge in [0.25, 0.3) is 5.91 Å². The molecule has 114 valence electrons. The Labute approximate surface area is 130 Å². The molecule has 0 aliphatic rings. The summed E-state index contributed by atoms with van der Waals surface area (Å²) >= 11 is 0. The van der Waals surface area contributed by atoms with Gasteiger partial charge in [0, 0.05) is 5.56 Å². The van der Waals surface area contributed by atoms with Crippen LogP contribution in [0, 0.1) is 0 Å². The Morgan fingerprint density at radius 1 is 1.05 bits per heavy atom. The van der Waals surface area contributed by atoms with Crippen molar-refractivity contribution in [3.63, 3.8) is 0 Å². The molecule has 3 rings (SSSR count). The topological polar surface area (TPSA) is 59.8 Å². The van der Waals surface area contributed by atoms with Crippen molar-refractivity contribution in [2.24, 2.45) is 0 Å². The molecular formula is C17H20N4O. The summed E-state index contributed by atoms with van der Waals surface area (Å²) in [5.41, 5.74) is 2.34. The van der Waals surface area contributed by atoms with Crippen LogP contribution in [-0.2, 0) is 0 Å². The maximum atomic E-state index is 12.1. The predicted molar refractivity (Wildman–Crippen MR) is 87.5 cm³/mol. The Kier molecular flexibility index (Phi) is 5.25. The molecule has 1 N–H and O–H groups in total. The average molecular weight is 296 g/mol. The van der Waals surface area contributed by atoms with Crippen molar-refractivity contribution in [2.75, 3.05) is 0 Å². The van der Waals surface area contributed by atoms with Crippen LogP contribution in [0.4, 0.5) is 0 Å². The summed E-state index contributed by atoms with van der Waals surface area (Å²) < 4.78 is 1.70. The van der Waals surface area contributed by atoms with Gasteiger partial charge in [0.05, 0.1) is 5.52 Å². The van der Waals surface area contributed by atoms with Gasteiger partial charge in [-0.15, -0.1) is 5.10 Å². The third kappa shape index (κ3) is 3.31. The van der Waals surface area contributed by atoms with E-state index in [-0.39, 0.29) is 12.1 Å². The van der Waals surface area contributed by atoms with Crippen molar-refractivity contribution < 1.29 is 4.79 Å². The highest BCUT2D eigenvalue weighted by Gasteiger charge is 2.14. The van der Waals surface area contributed by atoms with E-state index in [0.717, 1.165) is 11.0 Å². The van der Waals surface area contributed by atoms with E-state index in [4.69, 9.17) is 0 Å². The molecule has 1 atom stereocenters. The lowest BCUT2D eigenvalue weighted by molar-refractivity contribution is 0.0922. The van der Waals surface area contributed by atoms with Crippen molar-refractivity contribution in [3.05, 3.63) is 60.2 Å². The van der Waals surface area contributed by atoms with Crippen molar-refractivity contribution in [1.82, 2.24) is 20.3 Å². The van der Waals surface area contributed by atoms with Gasteiger partial charge in [0.15, 0.2) is 0 Å². The van der Waals surface area contributed by atoms with Gasteiger partial charge in [0.2, 0.25) is 0 Å². The van der Waals surface area contributed by atoms with Gasteiger partial charge in [-0.1, -0.05) is 49.4 Å². The van der Waals surface area contributed by atoms with E-state index in [9.17, 15) is 4.79 Å². The fourth-order valence-electron chi connectivity index (χ4n) is 2.10. The van der Waals surface area contributed by atoms with E-state index in [1.807, 2.05) is 63.2 Å². The molecule has 1 unspecified atom stereocenters. The standard InChI is InChI=1S/C15H14N4O.C2H6/c1-11(16-15(20)12-7-3-2-4-8-12)19-14-10-6-5-9-13(14)17-18-19;1-2/h2-11H,1H3,(H,16,20);1-2H3. The maximum absolute atomic E-state index is 12.1. The van der Waals surface area contributed by atoms with E-state index < -0.39 is 0 Å². The molecule has 0 spiro atoms. The van der Waals surface area contributed by atoms with E-state index >= 15 is 0 Å². The molecule has 0 radical (unpaired) electrons. The second-order valence-corrected chi connectivity index (χ2v) is 4.54. The summed E-state index contributed by atoms with van der Waals surface area (Å²) in [5, 5.41) is 11.1. The summed E-state index contributed by atoms with van der Waals surface area (Å²) in [5.74, 6) is -0.127. The summed E-state index contributed by atoms with van der Waals surface area (Å²) in [6.07, 6.45) is -0.268. The second kappa shape index (κ2) is 7.36. The quantitative estimate of drug-likeness (QED) is 0.805. The molecule has 0 bridgehead atoms. The lowest BCUT2D eigenvalue weighted by Crippen LogP contribution is -2.31. The van der Waals surface area contributed by atoms with Crippen LogP contribution >= 0.6 is 0 Å². The molecule has 0 aliphatic carbocycles. The smallest absolute Gasteiger partial charge is 0.252 e. The Hall–Kier alpha value is -2.69. The first-order valence-corrected chi connectivity index (χ1v) is 7.41. The summed E-state index contributed by atoms with van der Waals surface area (Å²) in [4.78, 5) is 12.1. The fourth-order valence-corrected chi connectivity index (χ4v) is 2.10. The number of aromatic nitrogens is 3. The molecule has 22 heavy (non-hydrogen) atoms. The van der Waals surface area contributed by atoms with Gasteiger partial charge in [-0.05, 0) is 31.2 Å². The Bertz CT molecular complexity index is 737. The normalized spacial score (nSPS) is 11.4. The zero-order chi connectivity index (χ0) is 15.9. The van der Waals surface area contributed by atoms with Crippen LogP contribution in [-0.4, -0.2) is 20.9 Å². The van der Waals surface area contributed by atoms with E-state index in [0.29, 0.717) is 5.56 Å². The minimum atomic E-state index is -0.268. The van der Waals surface area contributed by atoms with Crippen molar-refractivity contribution in [2.45, 2.75) is 26.9 Å². The highest BCUT2D eigenvalue weighted by molar-refractivity contribution is 5.94. The molecular weight excluding hydrogens is 276 g/mol. The Balaban J connectivity index is 0.000000847. The molecule has 1 aromatic heterocycles. The molecule has 0 fully saturated rings. The van der Waals surface area contributed by atoms with Crippen LogP contribution in [0.15, 0.2) is 54.6 Å². The van der Waals surface area contributed by atoms with Crippen molar-refractivity contribution in [1.29, 1.82) is 0 Å². The van der Waals surface area contributed by atoms with Gasteiger partial charge in [-0.25, -0.2) is 4.68 Å². The first-order valence-electron chi connectivity index (χ1n) is 7.41. The summed E-state index contributed by atoms with van der Waals surface area (Å²) in [6.45, 7) is 5.88. The number of hydrogen-bond acceptors (Lipinski definition) is 3. The number of nitrogens with one attached hydrogen (secondary N) is 1. The summed E-state index contributed by atoms with van der Waals surface area (Å²) in [6, 6.07) is 16.8. The molecule has 0 aliphatic heterocycles. The van der Waals surface area contributed by atoms with E-state index in [1.54, 1.807) is 16.8 Å². The van der Waals surface area contributed by atoms with Crippen molar-refractivity contribution >= 4 is 16.9 Å². The van der Waals surface area contributed by atoms with Crippen LogP contribution in [0.2, 0.25) is 0 Å². The van der Waals surface area contributed by atoms with Crippen LogP contribution in [0.25, 0.3) is 11.0 Å². The second-order valence-electron chi connectivity index (χ2n) is 4.54. The Morgan fingerprint density at radius 2 is 1.68 bits per heavy atom. The van der Waals surface area contributed by atoms with Gasteiger partial charge < -0.3 is 5.32 Å². The van der Waals surface area contributed by atoms with Gasteiger partial charge in [0.1, 0.15) is 11.7 Å². The molecule has 3 aromatic rings. The molecule has 2 aromatic carbocycles. The van der Waals surface area contributed by atoms with Crippen LogP contribution in [0.3, 0.4) is 0 Å². The van der Waals surface area contributed by atoms with Gasteiger partial charge in [-0.3, -0.25) is 4.79 Å². The zero-order valence-corrected chi connectivity index (χ0v) is 13.0. The molecule has 0 saturated heterocycles. The largest absolute Gasteiger partial charge is 0.330 e. The minimum Gasteiger partial charge on any atom is -0.330 e. The van der Waals surface area contributed by atoms with Crippen LogP contribution in [0.1, 0.15) is 37.3 Å². The number of para-hydroxylation sites is 1. The molecule has 5 nitrogen and oxygen atoms in total. The lowest BCUT2D eigenvalue weighted by Gasteiger charge is -2.14.